The molecule has 2 N–H and O–H groups in total. The highest BCUT2D eigenvalue weighted by Crippen LogP contribution is 2.13. The summed E-state index contributed by atoms with van der Waals surface area (Å²) in [6.07, 6.45) is 3.35. The number of aliphatic carboxylic acids is 1. The maximum Gasteiger partial charge on any atom is 0.323 e. The number of nitrogens with one attached hydrogen (secondary N) is 1. The standard InChI is InChI=1S/C11H18N2O3/c1-2-6-13(8-10(14)15)11(16)9-4-3-5-12-7-9/h2,9,12H,1,3-8H2,(H,14,15). The predicted molar refractivity (Wildman–Crippen MR) is 60.0 cm³/mol. The summed E-state index contributed by atoms with van der Waals surface area (Å²) >= 11 is 0. The molecular weight excluding hydrogens is 208 g/mol. The number of hydrogen-bond acceptors (Lipinski definition) is 3. The van der Waals surface area contributed by atoms with E-state index in [9.17, 15) is 9.59 Å². The first-order chi connectivity index (χ1) is 7.65. The number of nitrogens with zero attached hydrogens (tertiary/aromatic N) is 1. The van der Waals surface area contributed by atoms with Crippen molar-refractivity contribution in [3.05, 3.63) is 12.7 Å². The molecule has 0 aromatic rings. The van der Waals surface area contributed by atoms with E-state index < -0.39 is 5.97 Å². The topological polar surface area (TPSA) is 69.6 Å². The molecule has 0 aliphatic carbocycles. The monoisotopic (exact) mass is 226 g/mol. The largest absolute Gasteiger partial charge is 0.480 e. The quantitative estimate of drug-likeness (QED) is 0.652. The summed E-state index contributed by atoms with van der Waals surface area (Å²) < 4.78 is 0. The van der Waals surface area contributed by atoms with Gasteiger partial charge in [0.25, 0.3) is 0 Å². The number of piperidine rings is 1. The van der Waals surface area contributed by atoms with Crippen LogP contribution in [0.3, 0.4) is 0 Å². The normalized spacial score (nSPS) is 20.1. The van der Waals surface area contributed by atoms with Crippen molar-refractivity contribution in [1.82, 2.24) is 10.2 Å². The van der Waals surface area contributed by atoms with E-state index >= 15 is 0 Å². The van der Waals surface area contributed by atoms with E-state index in [1.54, 1.807) is 6.08 Å². The van der Waals surface area contributed by atoms with Gasteiger partial charge in [-0.3, -0.25) is 9.59 Å². The van der Waals surface area contributed by atoms with Gasteiger partial charge in [-0.25, -0.2) is 0 Å². The highest BCUT2D eigenvalue weighted by molar-refractivity contribution is 5.83. The fourth-order valence-corrected chi connectivity index (χ4v) is 1.87. The zero-order valence-corrected chi connectivity index (χ0v) is 9.32. The third-order valence-electron chi connectivity index (χ3n) is 2.63. The SMILES string of the molecule is C=CCN(CC(=O)O)C(=O)C1CCCNC1. The van der Waals surface area contributed by atoms with E-state index in [4.69, 9.17) is 5.11 Å². The van der Waals surface area contributed by atoms with Gasteiger partial charge >= 0.3 is 5.97 Å². The second-order valence-corrected chi connectivity index (χ2v) is 3.94. The molecule has 1 heterocycles. The van der Waals surface area contributed by atoms with Gasteiger partial charge in [0, 0.05) is 13.1 Å². The highest BCUT2D eigenvalue weighted by Gasteiger charge is 2.26. The molecule has 1 aliphatic heterocycles. The summed E-state index contributed by atoms with van der Waals surface area (Å²) in [5.41, 5.74) is 0. The molecule has 1 fully saturated rings. The van der Waals surface area contributed by atoms with Crippen molar-refractivity contribution in [2.24, 2.45) is 5.92 Å². The third kappa shape index (κ3) is 3.66. The van der Waals surface area contributed by atoms with E-state index in [0.717, 1.165) is 19.4 Å². The number of amides is 1. The lowest BCUT2D eigenvalue weighted by atomic mass is 9.98. The molecule has 1 saturated heterocycles. The molecule has 0 spiro atoms. The van der Waals surface area contributed by atoms with Crippen LogP contribution in [0.1, 0.15) is 12.8 Å². The van der Waals surface area contributed by atoms with Crippen molar-refractivity contribution in [1.29, 1.82) is 0 Å². The van der Waals surface area contributed by atoms with Crippen LogP contribution in [0.2, 0.25) is 0 Å². The first-order valence-corrected chi connectivity index (χ1v) is 5.47. The van der Waals surface area contributed by atoms with Crippen LogP contribution in [0.25, 0.3) is 0 Å². The Bertz CT molecular complexity index is 272. The van der Waals surface area contributed by atoms with Crippen molar-refractivity contribution in [3.63, 3.8) is 0 Å². The van der Waals surface area contributed by atoms with Crippen LogP contribution in [0, 0.1) is 5.92 Å². The first-order valence-electron chi connectivity index (χ1n) is 5.47. The van der Waals surface area contributed by atoms with E-state index in [2.05, 4.69) is 11.9 Å². The number of rotatable bonds is 5. The van der Waals surface area contributed by atoms with Gasteiger partial charge in [0.2, 0.25) is 5.91 Å². The van der Waals surface area contributed by atoms with Crippen LogP contribution < -0.4 is 5.32 Å². The fourth-order valence-electron chi connectivity index (χ4n) is 1.87. The number of carbonyl (C=O) groups is 2. The zero-order chi connectivity index (χ0) is 12.0. The van der Waals surface area contributed by atoms with Gasteiger partial charge in [-0.15, -0.1) is 6.58 Å². The number of hydrogen-bond donors (Lipinski definition) is 2. The van der Waals surface area contributed by atoms with Crippen molar-refractivity contribution >= 4 is 11.9 Å². The van der Waals surface area contributed by atoms with E-state index in [1.807, 2.05) is 0 Å². The molecule has 0 radical (unpaired) electrons. The maximum absolute atomic E-state index is 12.0. The molecule has 5 nitrogen and oxygen atoms in total. The van der Waals surface area contributed by atoms with E-state index in [1.165, 1.54) is 4.90 Å². The molecule has 16 heavy (non-hydrogen) atoms. The van der Waals surface area contributed by atoms with Crippen LogP contribution >= 0.6 is 0 Å². The molecule has 5 heteroatoms. The van der Waals surface area contributed by atoms with Gasteiger partial charge in [0.05, 0.1) is 5.92 Å². The second kappa shape index (κ2) is 6.27. The van der Waals surface area contributed by atoms with Crippen molar-refractivity contribution in [2.75, 3.05) is 26.2 Å². The minimum absolute atomic E-state index is 0.0884. The molecule has 0 aromatic carbocycles. The Morgan fingerprint density at radius 3 is 2.81 bits per heavy atom. The molecule has 0 saturated carbocycles. The van der Waals surface area contributed by atoms with Crippen LogP contribution in [0.15, 0.2) is 12.7 Å². The summed E-state index contributed by atoms with van der Waals surface area (Å²) in [6, 6.07) is 0. The molecule has 90 valence electrons. The van der Waals surface area contributed by atoms with Crippen LogP contribution in [-0.4, -0.2) is 48.1 Å². The lowest BCUT2D eigenvalue weighted by Crippen LogP contribution is -2.44. The second-order valence-electron chi connectivity index (χ2n) is 3.94. The van der Waals surface area contributed by atoms with Gasteiger partial charge in [0.1, 0.15) is 6.54 Å². The minimum atomic E-state index is -0.987. The average molecular weight is 226 g/mol. The fraction of sp³-hybridized carbons (Fsp3) is 0.636. The highest BCUT2D eigenvalue weighted by atomic mass is 16.4. The summed E-state index contributed by atoms with van der Waals surface area (Å²) in [5.74, 6) is -1.17. The Labute approximate surface area is 95.1 Å². The van der Waals surface area contributed by atoms with Gasteiger partial charge in [0.15, 0.2) is 0 Å². The molecule has 1 unspecified atom stereocenters. The van der Waals surface area contributed by atoms with Crippen molar-refractivity contribution < 1.29 is 14.7 Å². The number of carboxylic acids is 1. The Balaban J connectivity index is 2.57. The van der Waals surface area contributed by atoms with Gasteiger partial charge in [-0.1, -0.05) is 6.08 Å². The van der Waals surface area contributed by atoms with E-state index in [0.29, 0.717) is 13.1 Å². The summed E-state index contributed by atoms with van der Waals surface area (Å²) in [5, 5.41) is 11.9. The summed E-state index contributed by atoms with van der Waals surface area (Å²) in [4.78, 5) is 24.0. The average Bonchev–Trinajstić information content (AvgIpc) is 2.28. The molecule has 1 atom stereocenters. The minimum Gasteiger partial charge on any atom is -0.480 e. The van der Waals surface area contributed by atoms with Gasteiger partial charge in [-0.05, 0) is 19.4 Å². The number of carbonyl (C=O) groups excluding carboxylic acids is 1. The van der Waals surface area contributed by atoms with Gasteiger partial charge in [-0.2, -0.15) is 0 Å². The number of carboxylic acid groups (broad SMARTS) is 1. The van der Waals surface area contributed by atoms with E-state index in [-0.39, 0.29) is 18.4 Å². The van der Waals surface area contributed by atoms with Crippen molar-refractivity contribution in [2.45, 2.75) is 12.8 Å². The van der Waals surface area contributed by atoms with Crippen LogP contribution in [0.4, 0.5) is 0 Å². The Morgan fingerprint density at radius 1 is 1.56 bits per heavy atom. The smallest absolute Gasteiger partial charge is 0.323 e. The Kier molecular flexibility index (Phi) is 4.98. The third-order valence-corrected chi connectivity index (χ3v) is 2.63. The molecule has 1 rings (SSSR count). The van der Waals surface area contributed by atoms with Crippen LogP contribution in [-0.2, 0) is 9.59 Å². The Morgan fingerprint density at radius 2 is 2.31 bits per heavy atom. The molecule has 1 aliphatic rings. The van der Waals surface area contributed by atoms with Crippen molar-refractivity contribution in [3.8, 4) is 0 Å². The molecule has 1 amide bonds. The van der Waals surface area contributed by atoms with Gasteiger partial charge < -0.3 is 15.3 Å². The molecule has 0 bridgehead atoms. The first kappa shape index (κ1) is 12.7. The zero-order valence-electron chi connectivity index (χ0n) is 9.32. The lowest BCUT2D eigenvalue weighted by Gasteiger charge is -2.27. The molecule has 0 aromatic heterocycles. The lowest BCUT2D eigenvalue weighted by molar-refractivity contribution is -0.146. The summed E-state index contributed by atoms with van der Waals surface area (Å²) in [7, 11) is 0. The maximum atomic E-state index is 12.0. The Hall–Kier alpha value is -1.36. The summed E-state index contributed by atoms with van der Waals surface area (Å²) in [6.45, 7) is 5.16. The van der Waals surface area contributed by atoms with Crippen LogP contribution in [0.5, 0.6) is 0 Å². The predicted octanol–water partition coefficient (Wildman–Crippen LogP) is 0.0852. The molecular formula is C11H18N2O3.